The SMILES string of the molecule is CCN(CC)C(=O)CN(C)C(c1cc(Br)cs1)C(C)N. The number of amides is 1. The molecule has 0 aliphatic rings. The normalized spacial score (nSPS) is 14.3. The molecule has 1 aromatic heterocycles. The van der Waals surface area contributed by atoms with Gasteiger partial charge in [0.15, 0.2) is 0 Å². The molecule has 4 nitrogen and oxygen atoms in total. The number of likely N-dealkylation sites (N-methyl/N-ethyl adjacent to an activating group) is 2. The van der Waals surface area contributed by atoms with Crippen LogP contribution in [-0.2, 0) is 4.79 Å². The van der Waals surface area contributed by atoms with E-state index in [-0.39, 0.29) is 18.0 Å². The third-order valence-electron chi connectivity index (χ3n) is 3.35. The molecule has 6 heteroatoms. The van der Waals surface area contributed by atoms with Gasteiger partial charge in [-0.3, -0.25) is 9.69 Å². The minimum Gasteiger partial charge on any atom is -0.342 e. The van der Waals surface area contributed by atoms with Crippen LogP contribution in [0.3, 0.4) is 0 Å². The molecule has 0 aromatic carbocycles. The molecule has 0 saturated carbocycles. The first kappa shape index (κ1) is 17.6. The fourth-order valence-corrected chi connectivity index (χ4v) is 4.07. The lowest BCUT2D eigenvalue weighted by atomic mass is 10.1. The zero-order valence-electron chi connectivity index (χ0n) is 12.6. The van der Waals surface area contributed by atoms with Crippen molar-refractivity contribution in [3.63, 3.8) is 0 Å². The molecular formula is C14H24BrN3OS. The highest BCUT2D eigenvalue weighted by atomic mass is 79.9. The van der Waals surface area contributed by atoms with Crippen molar-refractivity contribution in [2.24, 2.45) is 5.73 Å². The summed E-state index contributed by atoms with van der Waals surface area (Å²) < 4.78 is 1.06. The molecule has 1 heterocycles. The number of hydrogen-bond donors (Lipinski definition) is 1. The average molecular weight is 362 g/mol. The number of carbonyl (C=O) groups excluding carboxylic acids is 1. The van der Waals surface area contributed by atoms with Gasteiger partial charge in [-0.05, 0) is 49.8 Å². The van der Waals surface area contributed by atoms with E-state index in [0.717, 1.165) is 17.6 Å². The molecule has 0 aliphatic heterocycles. The van der Waals surface area contributed by atoms with Gasteiger partial charge in [0.25, 0.3) is 0 Å². The second-order valence-electron chi connectivity index (χ2n) is 4.95. The zero-order chi connectivity index (χ0) is 15.3. The van der Waals surface area contributed by atoms with Gasteiger partial charge in [-0.15, -0.1) is 11.3 Å². The Morgan fingerprint density at radius 2 is 2.05 bits per heavy atom. The Kier molecular flexibility index (Phi) is 7.15. The molecule has 20 heavy (non-hydrogen) atoms. The number of nitrogens with zero attached hydrogens (tertiary/aromatic N) is 2. The van der Waals surface area contributed by atoms with Crippen molar-refractivity contribution < 1.29 is 4.79 Å². The summed E-state index contributed by atoms with van der Waals surface area (Å²) >= 11 is 5.14. The van der Waals surface area contributed by atoms with E-state index in [0.29, 0.717) is 6.54 Å². The Morgan fingerprint density at radius 3 is 2.45 bits per heavy atom. The standard InChI is InChI=1S/C14H24BrN3OS/c1-5-18(6-2)13(19)8-17(4)14(10(3)16)12-7-11(15)9-20-12/h7,9-10,14H,5-6,8,16H2,1-4H3. The number of halogens is 1. The fourth-order valence-electron chi connectivity index (χ4n) is 2.35. The molecule has 1 amide bonds. The molecule has 1 aromatic rings. The minimum atomic E-state index is -0.0324. The molecule has 0 bridgehead atoms. The van der Waals surface area contributed by atoms with Crippen molar-refractivity contribution in [3.8, 4) is 0 Å². The summed E-state index contributed by atoms with van der Waals surface area (Å²) in [4.78, 5) is 17.3. The van der Waals surface area contributed by atoms with E-state index in [1.165, 1.54) is 4.88 Å². The predicted molar refractivity (Wildman–Crippen MR) is 89.0 cm³/mol. The van der Waals surface area contributed by atoms with Gasteiger partial charge in [0.2, 0.25) is 5.91 Å². The van der Waals surface area contributed by atoms with Crippen LogP contribution in [0.25, 0.3) is 0 Å². The van der Waals surface area contributed by atoms with E-state index in [2.05, 4.69) is 22.0 Å². The molecule has 0 saturated heterocycles. The molecule has 1 rings (SSSR count). The molecule has 114 valence electrons. The Bertz CT molecular complexity index is 432. The topological polar surface area (TPSA) is 49.6 Å². The van der Waals surface area contributed by atoms with Crippen molar-refractivity contribution in [1.82, 2.24) is 9.80 Å². The highest BCUT2D eigenvalue weighted by molar-refractivity contribution is 9.10. The van der Waals surface area contributed by atoms with Gasteiger partial charge in [-0.2, -0.15) is 0 Å². The van der Waals surface area contributed by atoms with Crippen molar-refractivity contribution in [2.75, 3.05) is 26.7 Å². The van der Waals surface area contributed by atoms with Gasteiger partial charge >= 0.3 is 0 Å². The molecule has 2 unspecified atom stereocenters. The number of hydrogen-bond acceptors (Lipinski definition) is 4. The Balaban J connectivity index is 2.80. The maximum absolute atomic E-state index is 12.2. The first-order valence-corrected chi connectivity index (χ1v) is 8.55. The van der Waals surface area contributed by atoms with E-state index >= 15 is 0 Å². The van der Waals surface area contributed by atoms with Crippen LogP contribution in [0.15, 0.2) is 15.9 Å². The van der Waals surface area contributed by atoms with Crippen LogP contribution in [0, 0.1) is 0 Å². The van der Waals surface area contributed by atoms with E-state index in [1.54, 1.807) is 11.3 Å². The second-order valence-corrected chi connectivity index (χ2v) is 6.81. The summed E-state index contributed by atoms with van der Waals surface area (Å²) in [6, 6.07) is 2.11. The highest BCUT2D eigenvalue weighted by Crippen LogP contribution is 2.30. The van der Waals surface area contributed by atoms with Gasteiger partial charge in [0.05, 0.1) is 12.6 Å². The summed E-state index contributed by atoms with van der Waals surface area (Å²) in [5.74, 6) is 0.152. The van der Waals surface area contributed by atoms with Crippen molar-refractivity contribution in [2.45, 2.75) is 32.9 Å². The third-order valence-corrected chi connectivity index (χ3v) is 5.12. The molecule has 2 N–H and O–H groups in total. The number of rotatable bonds is 7. The van der Waals surface area contributed by atoms with Crippen LogP contribution in [0.1, 0.15) is 31.7 Å². The monoisotopic (exact) mass is 361 g/mol. The first-order chi connectivity index (χ1) is 9.40. The lowest BCUT2D eigenvalue weighted by Gasteiger charge is -2.31. The van der Waals surface area contributed by atoms with E-state index in [9.17, 15) is 4.79 Å². The molecule has 0 aliphatic carbocycles. The summed E-state index contributed by atoms with van der Waals surface area (Å²) in [5.41, 5.74) is 6.12. The predicted octanol–water partition coefficient (Wildman–Crippen LogP) is 2.70. The summed E-state index contributed by atoms with van der Waals surface area (Å²) in [7, 11) is 1.96. The van der Waals surface area contributed by atoms with Crippen LogP contribution in [0.2, 0.25) is 0 Å². The smallest absolute Gasteiger partial charge is 0.236 e. The van der Waals surface area contributed by atoms with E-state index in [4.69, 9.17) is 5.73 Å². The summed E-state index contributed by atoms with van der Waals surface area (Å²) in [5, 5.41) is 2.05. The van der Waals surface area contributed by atoms with Crippen molar-refractivity contribution in [1.29, 1.82) is 0 Å². The van der Waals surface area contributed by atoms with Crippen LogP contribution in [0.5, 0.6) is 0 Å². The molecule has 0 fully saturated rings. The van der Waals surface area contributed by atoms with Crippen LogP contribution < -0.4 is 5.73 Å². The molecular weight excluding hydrogens is 338 g/mol. The molecule has 0 radical (unpaired) electrons. The maximum atomic E-state index is 12.2. The summed E-state index contributed by atoms with van der Waals surface area (Å²) in [6.45, 7) is 7.87. The highest BCUT2D eigenvalue weighted by Gasteiger charge is 2.25. The van der Waals surface area contributed by atoms with Crippen molar-refractivity contribution >= 4 is 33.2 Å². The van der Waals surface area contributed by atoms with Crippen LogP contribution in [-0.4, -0.2) is 48.4 Å². The quantitative estimate of drug-likeness (QED) is 0.811. The fraction of sp³-hybridized carbons (Fsp3) is 0.643. The molecule has 0 spiro atoms. The van der Waals surface area contributed by atoms with E-state index < -0.39 is 0 Å². The average Bonchev–Trinajstić information content (AvgIpc) is 2.76. The first-order valence-electron chi connectivity index (χ1n) is 6.88. The number of carbonyl (C=O) groups is 1. The lowest BCUT2D eigenvalue weighted by Crippen LogP contribution is -2.44. The van der Waals surface area contributed by atoms with Crippen LogP contribution in [0.4, 0.5) is 0 Å². The number of nitrogens with two attached hydrogens (primary N) is 1. The lowest BCUT2D eigenvalue weighted by molar-refractivity contribution is -0.132. The van der Waals surface area contributed by atoms with E-state index in [1.807, 2.05) is 43.0 Å². The third kappa shape index (κ3) is 4.55. The van der Waals surface area contributed by atoms with Crippen molar-refractivity contribution in [3.05, 3.63) is 20.8 Å². The van der Waals surface area contributed by atoms with Gasteiger partial charge in [-0.25, -0.2) is 0 Å². The Hall–Kier alpha value is -0.430. The maximum Gasteiger partial charge on any atom is 0.236 e. The summed E-state index contributed by atoms with van der Waals surface area (Å²) in [6.07, 6.45) is 0. The Morgan fingerprint density at radius 1 is 1.45 bits per heavy atom. The van der Waals surface area contributed by atoms with Gasteiger partial charge in [0.1, 0.15) is 0 Å². The van der Waals surface area contributed by atoms with Gasteiger partial charge < -0.3 is 10.6 Å². The van der Waals surface area contributed by atoms with Gasteiger partial charge in [-0.1, -0.05) is 0 Å². The minimum absolute atomic E-state index is 0.0324. The number of thiophene rings is 1. The van der Waals surface area contributed by atoms with Gasteiger partial charge in [0, 0.05) is 33.9 Å². The Labute approximate surface area is 134 Å². The molecule has 2 atom stereocenters. The van der Waals surface area contributed by atoms with Crippen LogP contribution >= 0.6 is 27.3 Å². The second kappa shape index (κ2) is 8.12. The zero-order valence-corrected chi connectivity index (χ0v) is 15.0. The largest absolute Gasteiger partial charge is 0.342 e.